The smallest absolute Gasteiger partial charge is 0.0897 e. The first-order valence-electron chi connectivity index (χ1n) is 7.48. The summed E-state index contributed by atoms with van der Waals surface area (Å²) in [7, 11) is 1.96. The van der Waals surface area contributed by atoms with Gasteiger partial charge in [-0.2, -0.15) is 5.10 Å². The number of ether oxygens (including phenoxy) is 1. The maximum absolute atomic E-state index is 9.91. The van der Waals surface area contributed by atoms with Gasteiger partial charge >= 0.3 is 0 Å². The summed E-state index contributed by atoms with van der Waals surface area (Å²) in [6.45, 7) is 7.96. The van der Waals surface area contributed by atoms with E-state index in [4.69, 9.17) is 4.74 Å². The Hall–Kier alpha value is -0.910. The van der Waals surface area contributed by atoms with Crippen molar-refractivity contribution in [2.24, 2.45) is 13.0 Å². The molecule has 114 valence electrons. The zero-order valence-electron chi connectivity index (χ0n) is 13.0. The van der Waals surface area contributed by atoms with Crippen molar-refractivity contribution in [3.05, 3.63) is 17.0 Å². The van der Waals surface area contributed by atoms with E-state index < -0.39 is 6.10 Å². The molecule has 0 aromatic carbocycles. The predicted molar refractivity (Wildman–Crippen MR) is 78.6 cm³/mol. The molecule has 1 heterocycles. The Morgan fingerprint density at radius 3 is 2.70 bits per heavy atom. The van der Waals surface area contributed by atoms with Gasteiger partial charge in [0.1, 0.15) is 0 Å². The number of hydrogen-bond donors (Lipinski definition) is 2. The van der Waals surface area contributed by atoms with Gasteiger partial charge in [0, 0.05) is 37.5 Å². The van der Waals surface area contributed by atoms with E-state index in [2.05, 4.69) is 24.3 Å². The van der Waals surface area contributed by atoms with E-state index in [0.29, 0.717) is 13.2 Å². The van der Waals surface area contributed by atoms with Crippen LogP contribution in [0.4, 0.5) is 0 Å². The maximum atomic E-state index is 9.91. The molecule has 1 fully saturated rings. The van der Waals surface area contributed by atoms with Gasteiger partial charge in [0.05, 0.1) is 18.4 Å². The Bertz CT molecular complexity index is 441. The summed E-state index contributed by atoms with van der Waals surface area (Å²) in [6.07, 6.45) is 2.11. The van der Waals surface area contributed by atoms with Gasteiger partial charge in [-0.15, -0.1) is 0 Å². The molecule has 5 nitrogen and oxygen atoms in total. The van der Waals surface area contributed by atoms with Gasteiger partial charge in [0.25, 0.3) is 0 Å². The number of aliphatic hydroxyl groups excluding tert-OH is 1. The van der Waals surface area contributed by atoms with Crippen LogP contribution in [-0.4, -0.2) is 40.7 Å². The summed E-state index contributed by atoms with van der Waals surface area (Å²) in [5, 5.41) is 17.7. The predicted octanol–water partition coefficient (Wildman–Crippen LogP) is 1.48. The van der Waals surface area contributed by atoms with E-state index in [1.807, 2.05) is 18.7 Å². The lowest BCUT2D eigenvalue weighted by Gasteiger charge is -2.18. The molecule has 2 N–H and O–H groups in total. The van der Waals surface area contributed by atoms with Crippen molar-refractivity contribution >= 4 is 0 Å². The molecule has 1 aliphatic carbocycles. The minimum atomic E-state index is -0.450. The van der Waals surface area contributed by atoms with Crippen LogP contribution in [-0.2, 0) is 11.8 Å². The maximum Gasteiger partial charge on any atom is 0.0897 e. The van der Waals surface area contributed by atoms with Gasteiger partial charge in [-0.25, -0.2) is 0 Å². The fourth-order valence-corrected chi connectivity index (χ4v) is 2.55. The van der Waals surface area contributed by atoms with Crippen LogP contribution in [0.25, 0.3) is 0 Å². The SMILES string of the molecule is Cc1nn(C)c(C)c1C(C)NCC(O)COCC1CC1. The van der Waals surface area contributed by atoms with Gasteiger partial charge in [-0.05, 0) is 39.5 Å². The first-order chi connectivity index (χ1) is 9.49. The zero-order valence-corrected chi connectivity index (χ0v) is 13.0. The van der Waals surface area contributed by atoms with E-state index in [9.17, 15) is 5.11 Å². The average Bonchev–Trinajstić information content (AvgIpc) is 3.16. The number of aromatic nitrogens is 2. The van der Waals surface area contributed by atoms with Crippen LogP contribution >= 0.6 is 0 Å². The third kappa shape index (κ3) is 4.04. The molecule has 1 aliphatic rings. The summed E-state index contributed by atoms with van der Waals surface area (Å²) in [6, 6.07) is 0.182. The van der Waals surface area contributed by atoms with Crippen molar-refractivity contribution in [3.8, 4) is 0 Å². The minimum absolute atomic E-state index is 0.182. The van der Waals surface area contributed by atoms with Crippen molar-refractivity contribution in [3.63, 3.8) is 0 Å². The quantitative estimate of drug-likeness (QED) is 0.757. The second-order valence-corrected chi connectivity index (χ2v) is 5.97. The molecule has 20 heavy (non-hydrogen) atoms. The van der Waals surface area contributed by atoms with E-state index in [-0.39, 0.29) is 6.04 Å². The Morgan fingerprint density at radius 1 is 1.45 bits per heavy atom. The summed E-state index contributed by atoms with van der Waals surface area (Å²) < 4.78 is 7.40. The number of nitrogens with one attached hydrogen (secondary N) is 1. The molecule has 1 aromatic heterocycles. The number of hydrogen-bond acceptors (Lipinski definition) is 4. The van der Waals surface area contributed by atoms with Crippen molar-refractivity contribution in [1.82, 2.24) is 15.1 Å². The molecule has 0 radical (unpaired) electrons. The first kappa shape index (κ1) is 15.5. The highest BCUT2D eigenvalue weighted by atomic mass is 16.5. The molecule has 0 saturated heterocycles. The molecule has 1 saturated carbocycles. The highest BCUT2D eigenvalue weighted by Gasteiger charge is 2.22. The fourth-order valence-electron chi connectivity index (χ4n) is 2.55. The highest BCUT2D eigenvalue weighted by Crippen LogP contribution is 2.28. The molecular formula is C15H27N3O2. The van der Waals surface area contributed by atoms with Crippen LogP contribution in [0.3, 0.4) is 0 Å². The molecule has 1 aromatic rings. The lowest BCUT2D eigenvalue weighted by Crippen LogP contribution is -2.32. The van der Waals surface area contributed by atoms with Gasteiger partial charge in [0.2, 0.25) is 0 Å². The molecular weight excluding hydrogens is 254 g/mol. The Labute approximate surface area is 121 Å². The number of aryl methyl sites for hydroxylation is 2. The molecule has 0 bridgehead atoms. The second-order valence-electron chi connectivity index (χ2n) is 5.97. The van der Waals surface area contributed by atoms with Gasteiger partial charge in [-0.1, -0.05) is 0 Å². The molecule has 2 rings (SSSR count). The Morgan fingerprint density at radius 2 is 2.15 bits per heavy atom. The van der Waals surface area contributed by atoms with E-state index in [1.165, 1.54) is 24.1 Å². The molecule has 2 unspecified atom stereocenters. The first-order valence-corrected chi connectivity index (χ1v) is 7.48. The summed E-state index contributed by atoms with van der Waals surface area (Å²) >= 11 is 0. The lowest BCUT2D eigenvalue weighted by atomic mass is 10.1. The summed E-state index contributed by atoms with van der Waals surface area (Å²) in [5.41, 5.74) is 3.44. The van der Waals surface area contributed by atoms with Crippen molar-refractivity contribution in [2.45, 2.75) is 45.8 Å². The lowest BCUT2D eigenvalue weighted by molar-refractivity contribution is 0.0315. The van der Waals surface area contributed by atoms with E-state index in [0.717, 1.165) is 18.2 Å². The normalized spacial score (nSPS) is 18.2. The van der Waals surface area contributed by atoms with Crippen LogP contribution < -0.4 is 5.32 Å². The van der Waals surface area contributed by atoms with Crippen molar-refractivity contribution in [2.75, 3.05) is 19.8 Å². The molecule has 0 aliphatic heterocycles. The second kappa shape index (κ2) is 6.70. The van der Waals surface area contributed by atoms with Crippen LogP contribution in [0.1, 0.15) is 42.8 Å². The van der Waals surface area contributed by atoms with Crippen LogP contribution in [0.5, 0.6) is 0 Å². The molecule has 0 spiro atoms. The van der Waals surface area contributed by atoms with Crippen LogP contribution in [0, 0.1) is 19.8 Å². The summed E-state index contributed by atoms with van der Waals surface area (Å²) in [4.78, 5) is 0. The van der Waals surface area contributed by atoms with E-state index >= 15 is 0 Å². The number of aliphatic hydroxyl groups is 1. The van der Waals surface area contributed by atoms with Crippen LogP contribution in [0.15, 0.2) is 0 Å². The van der Waals surface area contributed by atoms with Crippen molar-refractivity contribution in [1.29, 1.82) is 0 Å². The monoisotopic (exact) mass is 281 g/mol. The van der Waals surface area contributed by atoms with Gasteiger partial charge in [0.15, 0.2) is 0 Å². The highest BCUT2D eigenvalue weighted by molar-refractivity contribution is 5.27. The standard InChI is InChI=1S/C15H27N3O2/c1-10(15-11(2)17-18(4)12(15)3)16-7-14(19)9-20-8-13-5-6-13/h10,13-14,16,19H,5-9H2,1-4H3. The Kier molecular flexibility index (Phi) is 5.18. The van der Waals surface area contributed by atoms with E-state index in [1.54, 1.807) is 0 Å². The van der Waals surface area contributed by atoms with Gasteiger partial charge < -0.3 is 15.2 Å². The third-order valence-electron chi connectivity index (χ3n) is 4.02. The minimum Gasteiger partial charge on any atom is -0.389 e. The Balaban J connectivity index is 1.74. The largest absolute Gasteiger partial charge is 0.389 e. The summed E-state index contributed by atoms with van der Waals surface area (Å²) in [5.74, 6) is 0.745. The molecule has 2 atom stereocenters. The number of nitrogens with zero attached hydrogens (tertiary/aromatic N) is 2. The molecule has 5 heteroatoms. The van der Waals surface area contributed by atoms with Crippen LogP contribution in [0.2, 0.25) is 0 Å². The van der Waals surface area contributed by atoms with Gasteiger partial charge in [-0.3, -0.25) is 4.68 Å². The average molecular weight is 281 g/mol. The third-order valence-corrected chi connectivity index (χ3v) is 4.02. The van der Waals surface area contributed by atoms with Crippen molar-refractivity contribution < 1.29 is 9.84 Å². The topological polar surface area (TPSA) is 59.3 Å². The molecule has 0 amide bonds. The number of rotatable bonds is 8. The fraction of sp³-hybridized carbons (Fsp3) is 0.800. The zero-order chi connectivity index (χ0) is 14.7.